The van der Waals surface area contributed by atoms with Crippen LogP contribution in [0.25, 0.3) is 5.65 Å². The number of unbranched alkanes of at least 4 members (excludes halogenated alkanes) is 1. The number of likely N-dealkylation sites (N-methyl/N-ethyl adjacent to an activating group) is 2. The van der Waals surface area contributed by atoms with Gasteiger partial charge >= 0.3 is 0 Å². The monoisotopic (exact) mass is 358 g/mol. The quantitative estimate of drug-likeness (QED) is 0.689. The van der Waals surface area contributed by atoms with Gasteiger partial charge in [0, 0.05) is 38.1 Å². The maximum atomic E-state index is 4.73. The standard InChI is InChI=1S/C20H34N6/c1-6-7-8-16(2)20-21-19-10-9-17(15-26(19)22-20)25-13-18(14-25)24(5)12-11-23(3)4/h9-10,15-16,18H,6-8,11-14H2,1-5H3. The first-order valence-corrected chi connectivity index (χ1v) is 9.94. The molecule has 0 bridgehead atoms. The van der Waals surface area contributed by atoms with Crippen LogP contribution in [0, 0.1) is 0 Å². The maximum absolute atomic E-state index is 4.73. The molecule has 1 fully saturated rings. The topological polar surface area (TPSA) is 39.9 Å². The molecule has 1 saturated heterocycles. The number of fused-ring (bicyclic) bond motifs is 1. The van der Waals surface area contributed by atoms with Crippen LogP contribution >= 0.6 is 0 Å². The number of pyridine rings is 1. The summed E-state index contributed by atoms with van der Waals surface area (Å²) >= 11 is 0. The van der Waals surface area contributed by atoms with Gasteiger partial charge in [0.2, 0.25) is 0 Å². The summed E-state index contributed by atoms with van der Waals surface area (Å²) in [6.07, 6.45) is 5.75. The Morgan fingerprint density at radius 3 is 2.65 bits per heavy atom. The lowest BCUT2D eigenvalue weighted by Crippen LogP contribution is -2.59. The average molecular weight is 359 g/mol. The molecule has 0 spiro atoms. The Labute approximate surface area is 157 Å². The highest BCUT2D eigenvalue weighted by molar-refractivity contribution is 5.53. The second-order valence-electron chi connectivity index (χ2n) is 8.05. The zero-order valence-corrected chi connectivity index (χ0v) is 17.0. The predicted molar refractivity (Wildman–Crippen MR) is 108 cm³/mol. The summed E-state index contributed by atoms with van der Waals surface area (Å²) in [4.78, 5) is 11.9. The molecular weight excluding hydrogens is 324 g/mol. The van der Waals surface area contributed by atoms with Crippen molar-refractivity contribution < 1.29 is 0 Å². The van der Waals surface area contributed by atoms with Crippen molar-refractivity contribution in [3.8, 4) is 0 Å². The Morgan fingerprint density at radius 2 is 1.96 bits per heavy atom. The molecule has 0 radical (unpaired) electrons. The first-order valence-electron chi connectivity index (χ1n) is 9.94. The van der Waals surface area contributed by atoms with Crippen LogP contribution in [-0.2, 0) is 0 Å². The molecule has 0 aromatic carbocycles. The average Bonchev–Trinajstić information content (AvgIpc) is 3.00. The highest BCUT2D eigenvalue weighted by atomic mass is 15.3. The second-order valence-corrected chi connectivity index (χ2v) is 8.05. The molecule has 6 heteroatoms. The van der Waals surface area contributed by atoms with Crippen LogP contribution in [0.2, 0.25) is 0 Å². The van der Waals surface area contributed by atoms with Gasteiger partial charge < -0.3 is 9.80 Å². The highest BCUT2D eigenvalue weighted by Gasteiger charge is 2.30. The summed E-state index contributed by atoms with van der Waals surface area (Å²) in [5.74, 6) is 1.40. The van der Waals surface area contributed by atoms with Crippen molar-refractivity contribution in [2.75, 3.05) is 52.2 Å². The molecule has 0 amide bonds. The smallest absolute Gasteiger partial charge is 0.155 e. The van der Waals surface area contributed by atoms with E-state index in [0.29, 0.717) is 12.0 Å². The molecular formula is C20H34N6. The van der Waals surface area contributed by atoms with Gasteiger partial charge in [-0.15, -0.1) is 0 Å². The van der Waals surface area contributed by atoms with E-state index in [0.717, 1.165) is 44.1 Å². The van der Waals surface area contributed by atoms with Crippen LogP contribution in [-0.4, -0.2) is 77.8 Å². The summed E-state index contributed by atoms with van der Waals surface area (Å²) in [6.45, 7) is 8.86. The van der Waals surface area contributed by atoms with E-state index in [4.69, 9.17) is 10.1 Å². The summed E-state index contributed by atoms with van der Waals surface area (Å²) in [7, 11) is 6.49. The summed E-state index contributed by atoms with van der Waals surface area (Å²) in [6, 6.07) is 4.92. The number of aromatic nitrogens is 3. The second kappa shape index (κ2) is 8.35. The lowest BCUT2D eigenvalue weighted by molar-refractivity contribution is 0.187. The van der Waals surface area contributed by atoms with Crippen LogP contribution < -0.4 is 4.90 Å². The molecule has 0 N–H and O–H groups in total. The Kier molecular flexibility index (Phi) is 6.14. The van der Waals surface area contributed by atoms with Crippen molar-refractivity contribution in [1.82, 2.24) is 24.4 Å². The van der Waals surface area contributed by atoms with Gasteiger partial charge in [0.15, 0.2) is 11.5 Å². The largest absolute Gasteiger partial charge is 0.367 e. The van der Waals surface area contributed by atoms with E-state index in [1.165, 1.54) is 18.5 Å². The third-order valence-corrected chi connectivity index (χ3v) is 5.51. The van der Waals surface area contributed by atoms with Crippen molar-refractivity contribution in [3.63, 3.8) is 0 Å². The van der Waals surface area contributed by atoms with Crippen LogP contribution in [0.4, 0.5) is 5.69 Å². The third-order valence-electron chi connectivity index (χ3n) is 5.51. The summed E-state index contributed by atoms with van der Waals surface area (Å²) < 4.78 is 1.95. The van der Waals surface area contributed by atoms with Gasteiger partial charge in [0.1, 0.15) is 0 Å². The summed E-state index contributed by atoms with van der Waals surface area (Å²) in [5.41, 5.74) is 2.19. The minimum Gasteiger partial charge on any atom is -0.367 e. The predicted octanol–water partition coefficient (Wildman–Crippen LogP) is 2.71. The highest BCUT2D eigenvalue weighted by Crippen LogP contribution is 2.25. The molecule has 0 saturated carbocycles. The first kappa shape index (κ1) is 19.1. The Morgan fingerprint density at radius 1 is 1.19 bits per heavy atom. The van der Waals surface area contributed by atoms with Crippen molar-refractivity contribution in [1.29, 1.82) is 0 Å². The zero-order chi connectivity index (χ0) is 18.7. The minimum atomic E-state index is 0.428. The summed E-state index contributed by atoms with van der Waals surface area (Å²) in [5, 5.41) is 4.73. The van der Waals surface area contributed by atoms with Gasteiger partial charge in [-0.05, 0) is 39.7 Å². The Bertz CT molecular complexity index is 703. The van der Waals surface area contributed by atoms with E-state index in [1.807, 2.05) is 4.52 Å². The Hall–Kier alpha value is -1.66. The number of rotatable bonds is 9. The minimum absolute atomic E-state index is 0.428. The molecule has 144 valence electrons. The van der Waals surface area contributed by atoms with Gasteiger partial charge in [-0.3, -0.25) is 4.90 Å². The SMILES string of the molecule is CCCCC(C)c1nc2ccc(N3CC(N(C)CCN(C)C)C3)cn2n1. The van der Waals surface area contributed by atoms with Crippen molar-refractivity contribution in [3.05, 3.63) is 24.2 Å². The molecule has 2 aromatic rings. The normalized spacial score (nSPS) is 16.7. The fourth-order valence-corrected chi connectivity index (χ4v) is 3.41. The van der Waals surface area contributed by atoms with E-state index in [9.17, 15) is 0 Å². The lowest BCUT2D eigenvalue weighted by Gasteiger charge is -2.45. The molecule has 6 nitrogen and oxygen atoms in total. The van der Waals surface area contributed by atoms with Gasteiger partial charge in [0.05, 0.1) is 11.9 Å². The molecule has 2 aromatic heterocycles. The zero-order valence-electron chi connectivity index (χ0n) is 17.0. The van der Waals surface area contributed by atoms with E-state index in [2.05, 4.69) is 68.0 Å². The van der Waals surface area contributed by atoms with Gasteiger partial charge in [-0.25, -0.2) is 9.50 Å². The lowest BCUT2D eigenvalue weighted by atomic mass is 10.0. The number of anilines is 1. The maximum Gasteiger partial charge on any atom is 0.155 e. The number of hydrogen-bond acceptors (Lipinski definition) is 5. The van der Waals surface area contributed by atoms with Crippen molar-refractivity contribution in [2.45, 2.75) is 45.1 Å². The molecule has 1 atom stereocenters. The van der Waals surface area contributed by atoms with Gasteiger partial charge in [0.25, 0.3) is 0 Å². The van der Waals surface area contributed by atoms with Crippen molar-refractivity contribution in [2.24, 2.45) is 0 Å². The van der Waals surface area contributed by atoms with E-state index in [1.54, 1.807) is 0 Å². The molecule has 26 heavy (non-hydrogen) atoms. The fraction of sp³-hybridized carbons (Fsp3) is 0.700. The van der Waals surface area contributed by atoms with Gasteiger partial charge in [-0.1, -0.05) is 26.7 Å². The van der Waals surface area contributed by atoms with E-state index in [-0.39, 0.29) is 0 Å². The van der Waals surface area contributed by atoms with E-state index >= 15 is 0 Å². The third kappa shape index (κ3) is 4.35. The molecule has 3 rings (SSSR count). The molecule has 3 heterocycles. The molecule has 1 aliphatic heterocycles. The fourth-order valence-electron chi connectivity index (χ4n) is 3.41. The van der Waals surface area contributed by atoms with Crippen molar-refractivity contribution >= 4 is 11.3 Å². The van der Waals surface area contributed by atoms with Crippen LogP contribution in [0.1, 0.15) is 44.9 Å². The molecule has 1 unspecified atom stereocenters. The first-order chi connectivity index (χ1) is 12.5. The Balaban J connectivity index is 1.60. The number of hydrogen-bond donors (Lipinski definition) is 0. The number of nitrogens with zero attached hydrogens (tertiary/aromatic N) is 6. The molecule has 0 aliphatic carbocycles. The van der Waals surface area contributed by atoms with Gasteiger partial charge in [-0.2, -0.15) is 5.10 Å². The van der Waals surface area contributed by atoms with Crippen LogP contribution in [0.15, 0.2) is 18.3 Å². The van der Waals surface area contributed by atoms with Crippen LogP contribution in [0.5, 0.6) is 0 Å². The molecule has 1 aliphatic rings. The van der Waals surface area contributed by atoms with E-state index < -0.39 is 0 Å². The van der Waals surface area contributed by atoms with Crippen LogP contribution in [0.3, 0.4) is 0 Å².